The fourth-order valence-electron chi connectivity index (χ4n) is 1.78. The average Bonchev–Trinajstić information content (AvgIpc) is 2.49. The van der Waals surface area contributed by atoms with E-state index in [0.717, 1.165) is 19.3 Å². The highest BCUT2D eigenvalue weighted by Crippen LogP contribution is 2.09. The molecule has 0 aromatic rings. The number of carbonyl (C=O) groups excluding carboxylic acids is 1. The van der Waals surface area contributed by atoms with Crippen molar-refractivity contribution in [2.75, 3.05) is 32.8 Å². The molecule has 1 atom stereocenters. The average molecular weight is 319 g/mol. The van der Waals surface area contributed by atoms with Crippen LogP contribution in [0.4, 0.5) is 0 Å². The molecule has 5 N–H and O–H groups in total. The van der Waals surface area contributed by atoms with Gasteiger partial charge in [-0.1, -0.05) is 6.42 Å². The van der Waals surface area contributed by atoms with E-state index in [4.69, 9.17) is 20.4 Å². The molecule has 132 valence electrons. The Bertz CT molecular complexity index is 288. The van der Waals surface area contributed by atoms with E-state index in [1.165, 1.54) is 0 Å². The van der Waals surface area contributed by atoms with Gasteiger partial charge in [0.05, 0.1) is 24.9 Å². The van der Waals surface area contributed by atoms with Gasteiger partial charge in [-0.25, -0.2) is 5.48 Å². The van der Waals surface area contributed by atoms with Crippen molar-refractivity contribution >= 4 is 5.91 Å². The molecule has 0 radical (unpaired) electrons. The normalized spacial score (nSPS) is 13.1. The van der Waals surface area contributed by atoms with Crippen LogP contribution in [0, 0.1) is 0 Å². The third kappa shape index (κ3) is 13.0. The molecular weight excluding hydrogens is 286 g/mol. The highest BCUT2D eigenvalue weighted by Gasteiger charge is 2.20. The van der Waals surface area contributed by atoms with Gasteiger partial charge >= 0.3 is 0 Å². The molecule has 1 unspecified atom stereocenters. The maximum Gasteiger partial charge on any atom is 0.220 e. The van der Waals surface area contributed by atoms with Gasteiger partial charge in [-0.05, 0) is 33.6 Å². The molecule has 0 aromatic carbocycles. The van der Waals surface area contributed by atoms with Crippen LogP contribution >= 0.6 is 0 Å². The predicted octanol–water partition coefficient (Wildman–Crippen LogP) is 0.801. The second-order valence-corrected chi connectivity index (χ2v) is 6.04. The molecule has 0 rings (SSSR count). The molecule has 22 heavy (non-hydrogen) atoms. The van der Waals surface area contributed by atoms with Crippen LogP contribution in [0.3, 0.4) is 0 Å². The van der Waals surface area contributed by atoms with Gasteiger partial charge in [0.1, 0.15) is 0 Å². The molecule has 0 saturated heterocycles. The van der Waals surface area contributed by atoms with Crippen LogP contribution in [-0.2, 0) is 14.3 Å². The quantitative estimate of drug-likeness (QED) is 0.279. The predicted molar refractivity (Wildman–Crippen MR) is 85.8 cm³/mol. The number of rotatable bonds is 14. The Morgan fingerprint density at radius 2 is 2.05 bits per heavy atom. The number of hydrogen-bond acceptors (Lipinski definition) is 6. The van der Waals surface area contributed by atoms with Gasteiger partial charge in [-0.15, -0.1) is 0 Å². The molecule has 0 spiro atoms. The summed E-state index contributed by atoms with van der Waals surface area (Å²) in [4.78, 5) is 11.7. The van der Waals surface area contributed by atoms with Crippen LogP contribution in [0.25, 0.3) is 0 Å². The molecule has 1 amide bonds. The molecule has 0 aromatic heterocycles. The summed E-state index contributed by atoms with van der Waals surface area (Å²) in [6, 6.07) is 0. The van der Waals surface area contributed by atoms with Crippen molar-refractivity contribution in [1.82, 2.24) is 10.8 Å². The molecule has 0 aliphatic heterocycles. The van der Waals surface area contributed by atoms with E-state index < -0.39 is 5.60 Å². The summed E-state index contributed by atoms with van der Waals surface area (Å²) < 4.78 is 11.2. The van der Waals surface area contributed by atoms with E-state index in [0.29, 0.717) is 39.3 Å². The summed E-state index contributed by atoms with van der Waals surface area (Å²) >= 11 is 0. The number of carbonyl (C=O) groups is 1. The highest BCUT2D eigenvalue weighted by atomic mass is 16.5. The standard InChI is InChI=1S/C15H33N3O4/c1-13(21-10-8-16)11-22-15(2,3)12-17-14(19)7-5-4-6-9-18-20/h13,18,20H,4-12,16H2,1-3H3,(H,17,19). The second-order valence-electron chi connectivity index (χ2n) is 6.04. The number of ether oxygens (including phenoxy) is 2. The second kappa shape index (κ2) is 12.8. The zero-order valence-electron chi connectivity index (χ0n) is 14.2. The minimum absolute atomic E-state index is 0.0151. The molecule has 0 heterocycles. The van der Waals surface area contributed by atoms with E-state index in [9.17, 15) is 4.79 Å². The summed E-state index contributed by atoms with van der Waals surface area (Å²) in [6.07, 6.45) is 3.07. The van der Waals surface area contributed by atoms with Crippen LogP contribution in [0.15, 0.2) is 0 Å². The molecule has 7 nitrogen and oxygen atoms in total. The summed E-state index contributed by atoms with van der Waals surface area (Å²) in [7, 11) is 0. The first-order valence-electron chi connectivity index (χ1n) is 8.00. The van der Waals surface area contributed by atoms with E-state index in [2.05, 4.69) is 10.8 Å². The Morgan fingerprint density at radius 3 is 2.68 bits per heavy atom. The molecule has 7 heteroatoms. The maximum absolute atomic E-state index is 11.7. The van der Waals surface area contributed by atoms with E-state index in [-0.39, 0.29) is 12.0 Å². The zero-order valence-corrected chi connectivity index (χ0v) is 14.2. The van der Waals surface area contributed by atoms with Crippen molar-refractivity contribution in [3.05, 3.63) is 0 Å². The highest BCUT2D eigenvalue weighted by molar-refractivity contribution is 5.75. The van der Waals surface area contributed by atoms with Crippen molar-refractivity contribution < 1.29 is 19.5 Å². The number of hydrogen-bond donors (Lipinski definition) is 4. The number of nitrogens with two attached hydrogens (primary N) is 1. The van der Waals surface area contributed by atoms with Crippen molar-refractivity contribution in [3.63, 3.8) is 0 Å². The summed E-state index contributed by atoms with van der Waals surface area (Å²) in [6.45, 7) is 8.33. The molecule has 0 aliphatic rings. The Kier molecular flexibility index (Phi) is 12.4. The fourth-order valence-corrected chi connectivity index (χ4v) is 1.78. The van der Waals surface area contributed by atoms with Crippen molar-refractivity contribution in [2.45, 2.75) is 58.2 Å². The Balaban J connectivity index is 3.74. The van der Waals surface area contributed by atoms with Crippen LogP contribution < -0.4 is 16.5 Å². The molecular formula is C15H33N3O4. The Morgan fingerprint density at radius 1 is 1.32 bits per heavy atom. The first-order valence-corrected chi connectivity index (χ1v) is 8.00. The topological polar surface area (TPSA) is 106 Å². The lowest BCUT2D eigenvalue weighted by molar-refractivity contribution is -0.123. The van der Waals surface area contributed by atoms with Gasteiger partial charge in [0.25, 0.3) is 0 Å². The van der Waals surface area contributed by atoms with Crippen molar-refractivity contribution in [2.24, 2.45) is 5.73 Å². The van der Waals surface area contributed by atoms with E-state index in [1.807, 2.05) is 20.8 Å². The van der Waals surface area contributed by atoms with Gasteiger partial charge < -0.3 is 25.7 Å². The van der Waals surface area contributed by atoms with E-state index >= 15 is 0 Å². The fraction of sp³-hybridized carbons (Fsp3) is 0.933. The molecule has 0 fully saturated rings. The minimum atomic E-state index is -0.434. The van der Waals surface area contributed by atoms with Crippen molar-refractivity contribution in [3.8, 4) is 0 Å². The monoisotopic (exact) mass is 319 g/mol. The van der Waals surface area contributed by atoms with Crippen LogP contribution in [-0.4, -0.2) is 55.7 Å². The van der Waals surface area contributed by atoms with Gasteiger partial charge in [-0.3, -0.25) is 4.79 Å². The Labute approximate surface area is 133 Å². The van der Waals surface area contributed by atoms with Crippen LogP contribution in [0.5, 0.6) is 0 Å². The summed E-state index contributed by atoms with van der Waals surface area (Å²) in [5, 5.41) is 11.3. The molecule has 0 saturated carbocycles. The lowest BCUT2D eigenvalue weighted by Crippen LogP contribution is -2.41. The smallest absolute Gasteiger partial charge is 0.220 e. The lowest BCUT2D eigenvalue weighted by Gasteiger charge is -2.27. The SMILES string of the molecule is CC(COC(C)(C)CNC(=O)CCCCCNO)OCCN. The number of amides is 1. The van der Waals surface area contributed by atoms with Gasteiger partial charge in [0.15, 0.2) is 0 Å². The summed E-state index contributed by atoms with van der Waals surface area (Å²) in [5.41, 5.74) is 7.05. The summed E-state index contributed by atoms with van der Waals surface area (Å²) in [5.74, 6) is 0.0288. The van der Waals surface area contributed by atoms with Crippen LogP contribution in [0.2, 0.25) is 0 Å². The first-order chi connectivity index (χ1) is 10.4. The lowest BCUT2D eigenvalue weighted by atomic mass is 10.1. The molecule has 0 aliphatic carbocycles. The van der Waals surface area contributed by atoms with Gasteiger partial charge in [-0.2, -0.15) is 0 Å². The Hall–Kier alpha value is -0.730. The zero-order chi connectivity index (χ0) is 16.8. The number of nitrogens with one attached hydrogen (secondary N) is 2. The first kappa shape index (κ1) is 21.3. The third-order valence-corrected chi connectivity index (χ3v) is 3.13. The van der Waals surface area contributed by atoms with Gasteiger partial charge in [0, 0.05) is 26.1 Å². The minimum Gasteiger partial charge on any atom is -0.375 e. The van der Waals surface area contributed by atoms with Crippen LogP contribution in [0.1, 0.15) is 46.5 Å². The number of unbranched alkanes of at least 4 members (excludes halogenated alkanes) is 2. The maximum atomic E-state index is 11.7. The third-order valence-electron chi connectivity index (χ3n) is 3.13. The van der Waals surface area contributed by atoms with Crippen molar-refractivity contribution in [1.29, 1.82) is 0 Å². The molecule has 0 bridgehead atoms. The number of hydroxylamine groups is 1. The van der Waals surface area contributed by atoms with E-state index in [1.54, 1.807) is 0 Å². The largest absolute Gasteiger partial charge is 0.375 e. The van der Waals surface area contributed by atoms with Gasteiger partial charge in [0.2, 0.25) is 5.91 Å².